The Morgan fingerprint density at radius 1 is 1.59 bits per heavy atom. The number of ether oxygens (including phenoxy) is 1. The molecule has 0 aliphatic heterocycles. The van der Waals surface area contributed by atoms with Crippen molar-refractivity contribution in [1.29, 1.82) is 0 Å². The molecule has 0 aromatic heterocycles. The van der Waals surface area contributed by atoms with Gasteiger partial charge in [-0.2, -0.15) is 0 Å². The van der Waals surface area contributed by atoms with Gasteiger partial charge in [0, 0.05) is 11.4 Å². The summed E-state index contributed by atoms with van der Waals surface area (Å²) in [4.78, 5) is 21.3. The summed E-state index contributed by atoms with van der Waals surface area (Å²) in [6, 6.07) is 1.85. The Kier molecular flexibility index (Phi) is 4.56. The minimum absolute atomic E-state index is 0.108. The minimum Gasteiger partial charge on any atom is -0.462 e. The molecule has 0 spiro atoms. The molecule has 5 nitrogen and oxygen atoms in total. The molecule has 0 radical (unpaired) electrons. The fraction of sp³-hybridized carbons (Fsp3) is 0.300. The van der Waals surface area contributed by atoms with E-state index in [4.69, 9.17) is 0 Å². The third-order valence-electron chi connectivity index (χ3n) is 1.99. The smallest absolute Gasteiger partial charge is 0.341 e. The summed E-state index contributed by atoms with van der Waals surface area (Å²) < 4.78 is 18.3. The van der Waals surface area contributed by atoms with Crippen LogP contribution in [0.15, 0.2) is 12.1 Å². The van der Waals surface area contributed by atoms with E-state index in [-0.39, 0.29) is 23.1 Å². The topological polar surface area (TPSA) is 69.4 Å². The first-order valence-electron chi connectivity index (χ1n) is 4.71. The molecule has 0 atom stereocenters. The predicted octanol–water partition coefficient (Wildman–Crippen LogP) is 2.81. The van der Waals surface area contributed by atoms with Crippen LogP contribution < -0.4 is 0 Å². The summed E-state index contributed by atoms with van der Waals surface area (Å²) in [5.74, 6) is -1.78. The molecule has 0 saturated heterocycles. The maximum absolute atomic E-state index is 13.6. The van der Waals surface area contributed by atoms with Crippen LogP contribution in [0.1, 0.15) is 22.8 Å². The van der Waals surface area contributed by atoms with E-state index >= 15 is 0 Å². The van der Waals surface area contributed by atoms with Crippen molar-refractivity contribution in [2.24, 2.45) is 0 Å². The van der Waals surface area contributed by atoms with Gasteiger partial charge in [0.15, 0.2) is 0 Å². The Balaban J connectivity index is 3.30. The van der Waals surface area contributed by atoms with E-state index in [1.165, 1.54) is 0 Å². The van der Waals surface area contributed by atoms with Crippen molar-refractivity contribution < 1.29 is 18.8 Å². The van der Waals surface area contributed by atoms with E-state index in [1.807, 2.05) is 0 Å². The average molecular weight is 306 g/mol. The molecule has 0 unspecified atom stereocenters. The number of nitrogens with zero attached hydrogens (tertiary/aromatic N) is 1. The highest BCUT2D eigenvalue weighted by Gasteiger charge is 2.22. The molecule has 7 heteroatoms. The fourth-order valence-corrected chi connectivity index (χ4v) is 1.73. The lowest BCUT2D eigenvalue weighted by atomic mass is 10.1. The number of rotatable bonds is 4. The van der Waals surface area contributed by atoms with Gasteiger partial charge in [-0.3, -0.25) is 10.1 Å². The molecule has 0 saturated carbocycles. The minimum atomic E-state index is -0.952. The van der Waals surface area contributed by atoms with Crippen molar-refractivity contribution in [2.45, 2.75) is 12.3 Å². The molecule has 0 aliphatic carbocycles. The molecule has 1 rings (SSSR count). The zero-order valence-electron chi connectivity index (χ0n) is 8.91. The molecule has 1 aromatic rings. The summed E-state index contributed by atoms with van der Waals surface area (Å²) in [7, 11) is 0. The zero-order valence-corrected chi connectivity index (χ0v) is 10.5. The van der Waals surface area contributed by atoms with Gasteiger partial charge >= 0.3 is 5.97 Å². The van der Waals surface area contributed by atoms with Crippen LogP contribution in [0.3, 0.4) is 0 Å². The van der Waals surface area contributed by atoms with Gasteiger partial charge in [0.05, 0.1) is 23.2 Å². The van der Waals surface area contributed by atoms with E-state index < -0.39 is 22.4 Å². The van der Waals surface area contributed by atoms with Gasteiger partial charge in [-0.05, 0) is 12.5 Å². The van der Waals surface area contributed by atoms with Crippen LogP contribution in [-0.2, 0) is 10.1 Å². The van der Waals surface area contributed by atoms with Crippen LogP contribution in [0.5, 0.6) is 0 Å². The lowest BCUT2D eigenvalue weighted by Crippen LogP contribution is -2.11. The highest BCUT2D eigenvalue weighted by atomic mass is 79.9. The van der Waals surface area contributed by atoms with E-state index in [0.29, 0.717) is 6.07 Å². The van der Waals surface area contributed by atoms with Gasteiger partial charge in [0.25, 0.3) is 5.69 Å². The molecule has 0 fully saturated rings. The normalized spacial score (nSPS) is 10.1. The molecule has 0 bridgehead atoms. The van der Waals surface area contributed by atoms with Crippen molar-refractivity contribution in [2.75, 3.05) is 6.61 Å². The van der Waals surface area contributed by atoms with E-state index in [9.17, 15) is 19.3 Å². The van der Waals surface area contributed by atoms with Gasteiger partial charge in [-0.15, -0.1) is 0 Å². The second kappa shape index (κ2) is 5.72. The predicted molar refractivity (Wildman–Crippen MR) is 61.6 cm³/mol. The molecule has 0 aliphatic rings. The van der Waals surface area contributed by atoms with Crippen molar-refractivity contribution >= 4 is 27.6 Å². The molecular weight excluding hydrogens is 297 g/mol. The number of carbonyl (C=O) groups excluding carboxylic acids is 1. The Bertz CT molecular complexity index is 464. The van der Waals surface area contributed by atoms with Gasteiger partial charge in [-0.25, -0.2) is 9.18 Å². The second-order valence-corrected chi connectivity index (χ2v) is 3.63. The first kappa shape index (κ1) is 13.6. The third kappa shape index (κ3) is 3.00. The number of nitro groups is 1. The number of benzene rings is 1. The number of carbonyl (C=O) groups is 1. The molecule has 0 amide bonds. The summed E-state index contributed by atoms with van der Waals surface area (Å²) in [6.07, 6.45) is 0. The van der Waals surface area contributed by atoms with Crippen LogP contribution in [0, 0.1) is 15.9 Å². The number of hydrogen-bond acceptors (Lipinski definition) is 4. The fourth-order valence-electron chi connectivity index (χ4n) is 1.29. The molecule has 0 heterocycles. The Hall–Kier alpha value is -1.50. The monoisotopic (exact) mass is 305 g/mol. The van der Waals surface area contributed by atoms with E-state index in [0.717, 1.165) is 6.07 Å². The maximum atomic E-state index is 13.6. The molecule has 1 aromatic carbocycles. The van der Waals surface area contributed by atoms with Crippen LogP contribution in [-0.4, -0.2) is 17.5 Å². The first-order chi connectivity index (χ1) is 8.01. The van der Waals surface area contributed by atoms with E-state index in [2.05, 4.69) is 20.7 Å². The second-order valence-electron chi connectivity index (χ2n) is 3.07. The average Bonchev–Trinajstić information content (AvgIpc) is 2.27. The molecule has 0 N–H and O–H groups in total. The molecule has 92 valence electrons. The zero-order chi connectivity index (χ0) is 13.0. The highest BCUT2D eigenvalue weighted by Crippen LogP contribution is 2.24. The third-order valence-corrected chi connectivity index (χ3v) is 2.60. The quantitative estimate of drug-likeness (QED) is 0.371. The van der Waals surface area contributed by atoms with Crippen LogP contribution in [0.25, 0.3) is 0 Å². The van der Waals surface area contributed by atoms with Gasteiger partial charge in [0.2, 0.25) is 0 Å². The van der Waals surface area contributed by atoms with Crippen molar-refractivity contribution in [1.82, 2.24) is 0 Å². The van der Waals surface area contributed by atoms with Crippen LogP contribution in [0.4, 0.5) is 10.1 Å². The SMILES string of the molecule is CCOC(=O)c1c(F)cc([N+](=O)[O-])cc1CBr. The lowest BCUT2D eigenvalue weighted by molar-refractivity contribution is -0.385. The van der Waals surface area contributed by atoms with Crippen LogP contribution in [0.2, 0.25) is 0 Å². The number of nitro benzene ring substituents is 1. The van der Waals surface area contributed by atoms with Crippen molar-refractivity contribution in [3.8, 4) is 0 Å². The van der Waals surface area contributed by atoms with Gasteiger partial charge < -0.3 is 4.74 Å². The summed E-state index contributed by atoms with van der Waals surface area (Å²) in [5, 5.41) is 10.7. The summed E-state index contributed by atoms with van der Waals surface area (Å²) >= 11 is 3.05. The Labute approximate surface area is 105 Å². The Morgan fingerprint density at radius 3 is 2.71 bits per heavy atom. The summed E-state index contributed by atoms with van der Waals surface area (Å²) in [6.45, 7) is 1.70. The first-order valence-corrected chi connectivity index (χ1v) is 5.83. The standard InChI is InChI=1S/C10H9BrFNO4/c1-2-17-10(14)9-6(5-11)3-7(13(15)16)4-8(9)12/h3-4H,2,5H2,1H3. The number of alkyl halides is 1. The number of esters is 1. The van der Waals surface area contributed by atoms with E-state index in [1.54, 1.807) is 6.92 Å². The number of halogens is 2. The maximum Gasteiger partial charge on any atom is 0.341 e. The lowest BCUT2D eigenvalue weighted by Gasteiger charge is -2.07. The van der Waals surface area contributed by atoms with Crippen molar-refractivity contribution in [3.63, 3.8) is 0 Å². The van der Waals surface area contributed by atoms with Crippen LogP contribution >= 0.6 is 15.9 Å². The molecule has 17 heavy (non-hydrogen) atoms. The molecular formula is C10H9BrFNO4. The van der Waals surface area contributed by atoms with Crippen molar-refractivity contribution in [3.05, 3.63) is 39.2 Å². The Morgan fingerprint density at radius 2 is 2.24 bits per heavy atom. The van der Waals surface area contributed by atoms with Gasteiger partial charge in [0.1, 0.15) is 5.82 Å². The summed E-state index contributed by atoms with van der Waals surface area (Å²) in [5.41, 5.74) is -0.477. The highest BCUT2D eigenvalue weighted by molar-refractivity contribution is 9.08. The largest absolute Gasteiger partial charge is 0.462 e. The number of non-ortho nitro benzene ring substituents is 1. The number of hydrogen-bond donors (Lipinski definition) is 0. The van der Waals surface area contributed by atoms with Gasteiger partial charge in [-0.1, -0.05) is 15.9 Å².